The number of hydrogen-bond donors (Lipinski definition) is 0. The molecule has 2 aromatic heterocycles. The van der Waals surface area contributed by atoms with E-state index >= 15 is 0 Å². The van der Waals surface area contributed by atoms with Crippen LogP contribution in [0.4, 0.5) is 0 Å². The van der Waals surface area contributed by atoms with Crippen molar-refractivity contribution in [2.24, 2.45) is 0 Å². The average molecular weight is 336 g/mol. The third-order valence-electron chi connectivity index (χ3n) is 3.92. The highest BCUT2D eigenvalue weighted by Gasteiger charge is 2.38. The SMILES string of the molecule is Cc1nn(CC(=O)ON2C(=O)c3ccccc3C2=O)c2ncccc12. The zero-order chi connectivity index (χ0) is 17.6. The molecule has 1 aliphatic rings. The fourth-order valence-electron chi connectivity index (χ4n) is 2.78. The minimum absolute atomic E-state index is 0.211. The highest BCUT2D eigenvalue weighted by molar-refractivity contribution is 6.20. The molecular weight excluding hydrogens is 324 g/mol. The lowest BCUT2D eigenvalue weighted by Gasteiger charge is -2.12. The minimum Gasteiger partial charge on any atom is -0.328 e. The second-order valence-electron chi connectivity index (χ2n) is 5.53. The van der Waals surface area contributed by atoms with Gasteiger partial charge in [-0.15, -0.1) is 0 Å². The van der Waals surface area contributed by atoms with Gasteiger partial charge in [-0.25, -0.2) is 14.5 Å². The number of carbonyl (C=O) groups excluding carboxylic acids is 3. The van der Waals surface area contributed by atoms with Crippen LogP contribution < -0.4 is 0 Å². The zero-order valence-corrected chi connectivity index (χ0v) is 13.2. The zero-order valence-electron chi connectivity index (χ0n) is 13.2. The van der Waals surface area contributed by atoms with Crippen molar-refractivity contribution in [1.82, 2.24) is 19.8 Å². The summed E-state index contributed by atoms with van der Waals surface area (Å²) >= 11 is 0. The molecule has 124 valence electrons. The molecule has 1 aromatic carbocycles. The number of amides is 2. The van der Waals surface area contributed by atoms with E-state index in [1.165, 1.54) is 16.8 Å². The molecule has 0 N–H and O–H groups in total. The van der Waals surface area contributed by atoms with Crippen molar-refractivity contribution in [1.29, 1.82) is 0 Å². The number of hydroxylamine groups is 2. The lowest BCUT2D eigenvalue weighted by Crippen LogP contribution is -2.34. The van der Waals surface area contributed by atoms with Gasteiger partial charge in [0.25, 0.3) is 11.8 Å². The number of nitrogens with zero attached hydrogens (tertiary/aromatic N) is 4. The molecule has 0 aliphatic carbocycles. The summed E-state index contributed by atoms with van der Waals surface area (Å²) in [6.45, 7) is 1.53. The van der Waals surface area contributed by atoms with E-state index < -0.39 is 17.8 Å². The van der Waals surface area contributed by atoms with E-state index in [9.17, 15) is 14.4 Å². The molecule has 4 rings (SSSR count). The summed E-state index contributed by atoms with van der Waals surface area (Å²) < 4.78 is 1.38. The summed E-state index contributed by atoms with van der Waals surface area (Å²) in [5.41, 5.74) is 1.67. The van der Waals surface area contributed by atoms with Gasteiger partial charge in [0.15, 0.2) is 5.65 Å². The third-order valence-corrected chi connectivity index (χ3v) is 3.92. The van der Waals surface area contributed by atoms with E-state index in [0.717, 1.165) is 11.1 Å². The minimum atomic E-state index is -0.787. The molecule has 2 amide bonds. The first kappa shape index (κ1) is 15.0. The summed E-state index contributed by atoms with van der Waals surface area (Å²) in [5, 5.41) is 5.55. The topological polar surface area (TPSA) is 94.4 Å². The number of imide groups is 1. The Bertz CT molecular complexity index is 1010. The first-order valence-electron chi connectivity index (χ1n) is 7.53. The quantitative estimate of drug-likeness (QED) is 0.673. The number of hydrogen-bond acceptors (Lipinski definition) is 6. The van der Waals surface area contributed by atoms with Crippen molar-refractivity contribution in [3.8, 4) is 0 Å². The van der Waals surface area contributed by atoms with E-state index in [1.807, 2.05) is 6.07 Å². The van der Waals surface area contributed by atoms with Crippen LogP contribution in [0.3, 0.4) is 0 Å². The van der Waals surface area contributed by atoms with Crippen molar-refractivity contribution in [3.63, 3.8) is 0 Å². The molecule has 8 nitrogen and oxygen atoms in total. The fourth-order valence-corrected chi connectivity index (χ4v) is 2.78. The van der Waals surface area contributed by atoms with Crippen LogP contribution in [-0.4, -0.2) is 37.6 Å². The highest BCUT2D eigenvalue weighted by Crippen LogP contribution is 2.23. The van der Waals surface area contributed by atoms with E-state index in [0.29, 0.717) is 10.7 Å². The Morgan fingerprint density at radius 3 is 2.44 bits per heavy atom. The Morgan fingerprint density at radius 2 is 1.76 bits per heavy atom. The van der Waals surface area contributed by atoms with Gasteiger partial charge in [-0.1, -0.05) is 17.2 Å². The maximum absolute atomic E-state index is 12.2. The van der Waals surface area contributed by atoms with Crippen molar-refractivity contribution in [2.45, 2.75) is 13.5 Å². The largest absolute Gasteiger partial charge is 0.354 e. The average Bonchev–Trinajstić information content (AvgIpc) is 3.06. The normalized spacial score (nSPS) is 13.4. The van der Waals surface area contributed by atoms with E-state index in [1.54, 1.807) is 31.3 Å². The van der Waals surface area contributed by atoms with Gasteiger partial charge in [-0.05, 0) is 31.2 Å². The number of benzene rings is 1. The number of rotatable bonds is 3. The molecule has 0 saturated heterocycles. The molecule has 0 radical (unpaired) electrons. The molecule has 0 bridgehead atoms. The second-order valence-corrected chi connectivity index (χ2v) is 5.53. The van der Waals surface area contributed by atoms with Crippen LogP contribution in [0, 0.1) is 6.92 Å². The lowest BCUT2D eigenvalue weighted by molar-refractivity contribution is -0.169. The molecule has 0 fully saturated rings. The van der Waals surface area contributed by atoms with Gasteiger partial charge in [-0.3, -0.25) is 9.59 Å². The number of aryl methyl sites for hydroxylation is 1. The van der Waals surface area contributed by atoms with E-state index in [4.69, 9.17) is 4.84 Å². The maximum Gasteiger partial charge on any atom is 0.354 e. The Morgan fingerprint density at radius 1 is 1.08 bits per heavy atom. The Hall–Kier alpha value is -3.55. The monoisotopic (exact) mass is 336 g/mol. The number of pyridine rings is 1. The van der Waals surface area contributed by atoms with Crippen molar-refractivity contribution >= 4 is 28.8 Å². The van der Waals surface area contributed by atoms with Crippen molar-refractivity contribution in [3.05, 3.63) is 59.4 Å². The van der Waals surface area contributed by atoms with E-state index in [-0.39, 0.29) is 17.7 Å². The number of aromatic nitrogens is 3. The number of carbonyl (C=O) groups is 3. The van der Waals surface area contributed by atoms with Gasteiger partial charge in [-0.2, -0.15) is 5.10 Å². The van der Waals surface area contributed by atoms with Crippen LogP contribution in [0.5, 0.6) is 0 Å². The van der Waals surface area contributed by atoms with Gasteiger partial charge in [0.2, 0.25) is 0 Å². The second kappa shape index (κ2) is 5.52. The fraction of sp³-hybridized carbons (Fsp3) is 0.118. The Kier molecular flexibility index (Phi) is 3.31. The summed E-state index contributed by atoms with van der Waals surface area (Å²) in [7, 11) is 0. The summed E-state index contributed by atoms with van der Waals surface area (Å²) in [5.74, 6) is -2.10. The van der Waals surface area contributed by atoms with Gasteiger partial charge in [0, 0.05) is 11.6 Å². The summed E-state index contributed by atoms with van der Waals surface area (Å²) in [4.78, 5) is 45.8. The first-order valence-corrected chi connectivity index (χ1v) is 7.53. The molecule has 0 atom stereocenters. The van der Waals surface area contributed by atoms with Gasteiger partial charge < -0.3 is 4.84 Å². The maximum atomic E-state index is 12.2. The highest BCUT2D eigenvalue weighted by atomic mass is 16.7. The molecule has 25 heavy (non-hydrogen) atoms. The Balaban J connectivity index is 1.55. The van der Waals surface area contributed by atoms with Crippen LogP contribution in [0.1, 0.15) is 26.4 Å². The molecule has 3 aromatic rings. The third kappa shape index (κ3) is 2.35. The predicted octanol–water partition coefficient (Wildman–Crippen LogP) is 1.49. The van der Waals surface area contributed by atoms with Gasteiger partial charge in [0.1, 0.15) is 6.54 Å². The molecule has 0 unspecified atom stereocenters. The molecule has 0 spiro atoms. The standard InChI is InChI=1S/C17H12N4O4/c1-10-11-7-4-8-18-15(11)20(19-10)9-14(22)25-21-16(23)12-5-2-3-6-13(12)17(21)24/h2-8H,9H2,1H3. The van der Waals surface area contributed by atoms with Gasteiger partial charge >= 0.3 is 5.97 Å². The smallest absolute Gasteiger partial charge is 0.328 e. The van der Waals surface area contributed by atoms with Gasteiger partial charge in [0.05, 0.1) is 16.8 Å². The molecular formula is C17H12N4O4. The lowest BCUT2D eigenvalue weighted by atomic mass is 10.1. The van der Waals surface area contributed by atoms with Crippen LogP contribution >= 0.6 is 0 Å². The summed E-state index contributed by atoms with van der Waals surface area (Å²) in [6.07, 6.45) is 1.59. The molecule has 8 heteroatoms. The first-order chi connectivity index (χ1) is 12.1. The van der Waals surface area contributed by atoms with Crippen LogP contribution in [0.15, 0.2) is 42.6 Å². The molecule has 0 saturated carbocycles. The Labute approximate surface area is 141 Å². The number of fused-ring (bicyclic) bond motifs is 2. The predicted molar refractivity (Wildman–Crippen MR) is 85.3 cm³/mol. The molecule has 1 aliphatic heterocycles. The molecule has 3 heterocycles. The van der Waals surface area contributed by atoms with Crippen molar-refractivity contribution < 1.29 is 19.2 Å². The van der Waals surface area contributed by atoms with E-state index in [2.05, 4.69) is 10.1 Å². The van der Waals surface area contributed by atoms with Crippen LogP contribution in [0.2, 0.25) is 0 Å². The van der Waals surface area contributed by atoms with Crippen LogP contribution in [-0.2, 0) is 16.2 Å². The summed E-state index contributed by atoms with van der Waals surface area (Å²) in [6, 6.07) is 9.92. The van der Waals surface area contributed by atoms with Crippen LogP contribution in [0.25, 0.3) is 11.0 Å². The van der Waals surface area contributed by atoms with Crippen molar-refractivity contribution in [2.75, 3.05) is 0 Å².